The average Bonchev–Trinajstić information content (AvgIpc) is 3.07. The van der Waals surface area contributed by atoms with Crippen LogP contribution < -0.4 is 0 Å². The number of amides is 1. The van der Waals surface area contributed by atoms with Crippen LogP contribution in [0.2, 0.25) is 0 Å². The number of benzene rings is 1. The molecule has 1 aromatic carbocycles. The highest BCUT2D eigenvalue weighted by atomic mass is 16.2. The summed E-state index contributed by atoms with van der Waals surface area (Å²) in [6.45, 7) is 5.16. The van der Waals surface area contributed by atoms with Gasteiger partial charge in [0.2, 0.25) is 5.91 Å². The molecule has 2 aromatic rings. The van der Waals surface area contributed by atoms with Crippen LogP contribution in [-0.2, 0) is 11.2 Å². The number of hydrogen-bond acceptors (Lipinski definition) is 2. The third-order valence-corrected chi connectivity index (χ3v) is 4.92. The second-order valence-electron chi connectivity index (χ2n) is 6.78. The molecule has 0 N–H and O–H groups in total. The summed E-state index contributed by atoms with van der Waals surface area (Å²) < 4.78 is 0. The highest BCUT2D eigenvalue weighted by molar-refractivity contribution is 5.77. The first-order valence-electron chi connectivity index (χ1n) is 8.91. The molecule has 3 heteroatoms. The van der Waals surface area contributed by atoms with Crippen molar-refractivity contribution in [3.05, 3.63) is 65.0 Å². The van der Waals surface area contributed by atoms with Crippen molar-refractivity contribution in [1.82, 2.24) is 9.88 Å². The molecule has 1 aliphatic heterocycles. The minimum Gasteiger partial charge on any atom is -0.336 e. The number of nitrogens with zero attached hydrogens (tertiary/aromatic N) is 2. The molecule has 0 radical (unpaired) electrons. The molecular formula is C21H26N2O. The van der Waals surface area contributed by atoms with E-state index in [1.807, 2.05) is 24.4 Å². The van der Waals surface area contributed by atoms with E-state index in [9.17, 15) is 4.79 Å². The van der Waals surface area contributed by atoms with Crippen LogP contribution in [0.15, 0.2) is 42.6 Å². The fraction of sp³-hybridized carbons (Fsp3) is 0.429. The second kappa shape index (κ2) is 7.61. The molecular weight excluding hydrogens is 296 g/mol. The van der Waals surface area contributed by atoms with E-state index in [0.29, 0.717) is 6.42 Å². The first-order valence-corrected chi connectivity index (χ1v) is 8.91. The van der Waals surface area contributed by atoms with Crippen molar-refractivity contribution in [2.45, 2.75) is 52.0 Å². The number of aromatic nitrogens is 1. The minimum absolute atomic E-state index is 0.257. The summed E-state index contributed by atoms with van der Waals surface area (Å²) in [5.41, 5.74) is 4.95. The maximum Gasteiger partial charge on any atom is 0.223 e. The third-order valence-electron chi connectivity index (χ3n) is 4.92. The molecule has 24 heavy (non-hydrogen) atoms. The third kappa shape index (κ3) is 3.84. The molecule has 1 fully saturated rings. The van der Waals surface area contributed by atoms with Crippen LogP contribution in [0.25, 0.3) is 0 Å². The summed E-state index contributed by atoms with van der Waals surface area (Å²) >= 11 is 0. The number of pyridine rings is 1. The Morgan fingerprint density at radius 3 is 2.92 bits per heavy atom. The molecule has 0 bridgehead atoms. The van der Waals surface area contributed by atoms with Crippen LogP contribution in [0.3, 0.4) is 0 Å². The van der Waals surface area contributed by atoms with Gasteiger partial charge in [0.1, 0.15) is 0 Å². The Labute approximate surface area is 144 Å². The van der Waals surface area contributed by atoms with E-state index in [1.165, 1.54) is 16.7 Å². The van der Waals surface area contributed by atoms with Gasteiger partial charge >= 0.3 is 0 Å². The molecule has 126 valence electrons. The van der Waals surface area contributed by atoms with Gasteiger partial charge in [-0.25, -0.2) is 0 Å². The first kappa shape index (κ1) is 16.7. The Kier molecular flexibility index (Phi) is 5.29. The number of hydrogen-bond donors (Lipinski definition) is 0. The lowest BCUT2D eigenvalue weighted by atomic mass is 9.97. The molecule has 0 aliphatic carbocycles. The van der Waals surface area contributed by atoms with E-state index in [2.05, 4.69) is 41.9 Å². The van der Waals surface area contributed by atoms with E-state index in [0.717, 1.165) is 37.9 Å². The van der Waals surface area contributed by atoms with Crippen molar-refractivity contribution in [2.24, 2.45) is 0 Å². The van der Waals surface area contributed by atoms with E-state index in [-0.39, 0.29) is 11.9 Å². The maximum atomic E-state index is 12.7. The fourth-order valence-electron chi connectivity index (χ4n) is 3.62. The lowest BCUT2D eigenvalue weighted by Crippen LogP contribution is -2.30. The number of aryl methyl sites for hydroxylation is 3. The Balaban J connectivity index is 1.62. The molecule has 3 nitrogen and oxygen atoms in total. The van der Waals surface area contributed by atoms with E-state index >= 15 is 0 Å². The summed E-state index contributed by atoms with van der Waals surface area (Å²) in [4.78, 5) is 19.2. The van der Waals surface area contributed by atoms with Gasteiger partial charge in [-0.2, -0.15) is 0 Å². The van der Waals surface area contributed by atoms with E-state index in [1.54, 1.807) is 0 Å². The van der Waals surface area contributed by atoms with Crippen LogP contribution in [0.4, 0.5) is 0 Å². The SMILES string of the molecule is Cc1ccc(C)c([C@@H]2CCCN2C(=O)CCCc2ccccn2)c1. The minimum atomic E-state index is 0.257. The van der Waals surface area contributed by atoms with Crippen molar-refractivity contribution in [1.29, 1.82) is 0 Å². The average molecular weight is 322 g/mol. The zero-order valence-corrected chi connectivity index (χ0v) is 14.7. The first-order chi connectivity index (χ1) is 11.6. The summed E-state index contributed by atoms with van der Waals surface area (Å²) in [5, 5.41) is 0. The van der Waals surface area contributed by atoms with Gasteiger partial charge in [0.25, 0.3) is 0 Å². The normalized spacial score (nSPS) is 17.2. The number of carbonyl (C=O) groups is 1. The smallest absolute Gasteiger partial charge is 0.223 e. The molecule has 1 saturated heterocycles. The fourth-order valence-corrected chi connectivity index (χ4v) is 3.62. The van der Waals surface area contributed by atoms with Gasteiger partial charge in [-0.3, -0.25) is 9.78 Å². The standard InChI is InChI=1S/C21H26N2O/c1-16-11-12-17(2)19(15-16)20-9-6-14-23(20)21(24)10-5-8-18-7-3-4-13-22-18/h3-4,7,11-13,15,20H,5-6,8-10,14H2,1-2H3/t20-/m0/s1. The Bertz CT molecular complexity index is 696. The van der Waals surface area contributed by atoms with Crippen LogP contribution in [0, 0.1) is 13.8 Å². The lowest BCUT2D eigenvalue weighted by molar-refractivity contribution is -0.132. The largest absolute Gasteiger partial charge is 0.336 e. The van der Waals surface area contributed by atoms with Crippen molar-refractivity contribution in [3.8, 4) is 0 Å². The Morgan fingerprint density at radius 2 is 2.12 bits per heavy atom. The number of carbonyl (C=O) groups excluding carboxylic acids is 1. The predicted octanol–water partition coefficient (Wildman–Crippen LogP) is 4.38. The Hall–Kier alpha value is -2.16. The van der Waals surface area contributed by atoms with Gasteiger partial charge < -0.3 is 4.90 Å². The van der Waals surface area contributed by atoms with Crippen molar-refractivity contribution >= 4 is 5.91 Å². The maximum absolute atomic E-state index is 12.7. The van der Waals surface area contributed by atoms with Crippen molar-refractivity contribution in [2.75, 3.05) is 6.54 Å². The summed E-state index contributed by atoms with van der Waals surface area (Å²) in [7, 11) is 0. The van der Waals surface area contributed by atoms with Crippen LogP contribution in [-0.4, -0.2) is 22.3 Å². The summed E-state index contributed by atoms with van der Waals surface area (Å²) in [6, 6.07) is 12.8. The molecule has 0 spiro atoms. The molecule has 1 amide bonds. The topological polar surface area (TPSA) is 33.2 Å². The molecule has 1 aliphatic rings. The Morgan fingerprint density at radius 1 is 1.25 bits per heavy atom. The summed E-state index contributed by atoms with van der Waals surface area (Å²) in [6.07, 6.45) is 6.34. The predicted molar refractivity (Wildman–Crippen MR) is 96.8 cm³/mol. The lowest BCUT2D eigenvalue weighted by Gasteiger charge is -2.27. The van der Waals surface area contributed by atoms with Gasteiger partial charge in [-0.1, -0.05) is 29.8 Å². The van der Waals surface area contributed by atoms with Crippen molar-refractivity contribution in [3.63, 3.8) is 0 Å². The summed E-state index contributed by atoms with van der Waals surface area (Å²) in [5.74, 6) is 0.286. The van der Waals surface area contributed by atoms with Gasteiger partial charge in [-0.15, -0.1) is 0 Å². The van der Waals surface area contributed by atoms with Gasteiger partial charge in [-0.05, 0) is 62.8 Å². The molecule has 1 atom stereocenters. The molecule has 0 saturated carbocycles. The van der Waals surface area contributed by atoms with Gasteiger partial charge in [0, 0.05) is 24.9 Å². The monoisotopic (exact) mass is 322 g/mol. The quantitative estimate of drug-likeness (QED) is 0.818. The van der Waals surface area contributed by atoms with Crippen LogP contribution in [0.5, 0.6) is 0 Å². The molecule has 1 aromatic heterocycles. The molecule has 2 heterocycles. The van der Waals surface area contributed by atoms with Gasteiger partial charge in [0.15, 0.2) is 0 Å². The molecule has 3 rings (SSSR count). The second-order valence-corrected chi connectivity index (χ2v) is 6.78. The zero-order chi connectivity index (χ0) is 16.9. The molecule has 0 unspecified atom stereocenters. The van der Waals surface area contributed by atoms with Crippen LogP contribution >= 0.6 is 0 Å². The highest BCUT2D eigenvalue weighted by Crippen LogP contribution is 2.34. The van der Waals surface area contributed by atoms with Crippen LogP contribution in [0.1, 0.15) is 54.1 Å². The zero-order valence-electron chi connectivity index (χ0n) is 14.7. The highest BCUT2D eigenvalue weighted by Gasteiger charge is 2.30. The van der Waals surface area contributed by atoms with Crippen molar-refractivity contribution < 1.29 is 4.79 Å². The van der Waals surface area contributed by atoms with Gasteiger partial charge in [0.05, 0.1) is 6.04 Å². The van der Waals surface area contributed by atoms with E-state index in [4.69, 9.17) is 0 Å². The number of rotatable bonds is 5. The number of likely N-dealkylation sites (tertiary alicyclic amines) is 1. The van der Waals surface area contributed by atoms with E-state index < -0.39 is 0 Å².